The Morgan fingerprint density at radius 3 is 2.82 bits per heavy atom. The highest BCUT2D eigenvalue weighted by atomic mass is 19.4. The highest BCUT2D eigenvalue weighted by Crippen LogP contribution is 2.41. The first-order valence-electron chi connectivity index (χ1n) is 7.58. The molecule has 2 fully saturated rings. The molecule has 0 radical (unpaired) electrons. The standard InChI is InChI=1S/C15H20F3N3O/c1-10(2)11-7-14(22-8-11)4-6-21(9-14)13-19-5-3-12(20-13)15(16,17)18/h3,5,10-11H,4,6-9H2,1-2H3/t11-,14+/m1/s1. The van der Waals surface area contributed by atoms with Gasteiger partial charge in [0.25, 0.3) is 0 Å². The van der Waals surface area contributed by atoms with Crippen molar-refractivity contribution in [3.8, 4) is 0 Å². The molecule has 0 bridgehead atoms. The lowest BCUT2D eigenvalue weighted by atomic mass is 9.87. The Kier molecular flexibility index (Phi) is 3.79. The van der Waals surface area contributed by atoms with Crippen LogP contribution in [0.1, 0.15) is 32.4 Å². The third-order valence-electron chi connectivity index (χ3n) is 4.71. The number of ether oxygens (including phenoxy) is 1. The summed E-state index contributed by atoms with van der Waals surface area (Å²) in [5.41, 5.74) is -1.14. The molecule has 0 aromatic carbocycles. The average Bonchev–Trinajstić information content (AvgIpc) is 3.06. The quantitative estimate of drug-likeness (QED) is 0.840. The summed E-state index contributed by atoms with van der Waals surface area (Å²) < 4.78 is 44.3. The maximum Gasteiger partial charge on any atom is 0.433 e. The van der Waals surface area contributed by atoms with Gasteiger partial charge in [0, 0.05) is 19.3 Å². The van der Waals surface area contributed by atoms with Crippen molar-refractivity contribution in [3.63, 3.8) is 0 Å². The van der Waals surface area contributed by atoms with Crippen LogP contribution in [0.5, 0.6) is 0 Å². The lowest BCUT2D eigenvalue weighted by Crippen LogP contribution is -2.33. The Morgan fingerprint density at radius 1 is 1.41 bits per heavy atom. The SMILES string of the molecule is CC(C)[C@H]1CO[C@@]2(CCN(c3nccc(C(F)(F)F)n3)C2)C1. The van der Waals surface area contributed by atoms with Crippen LogP contribution in [0.2, 0.25) is 0 Å². The Morgan fingerprint density at radius 2 is 2.18 bits per heavy atom. The summed E-state index contributed by atoms with van der Waals surface area (Å²) >= 11 is 0. The monoisotopic (exact) mass is 315 g/mol. The second-order valence-electron chi connectivity index (χ2n) is 6.61. The number of anilines is 1. The number of rotatable bonds is 2. The van der Waals surface area contributed by atoms with Crippen molar-refractivity contribution in [1.29, 1.82) is 0 Å². The molecule has 2 saturated heterocycles. The molecular weight excluding hydrogens is 295 g/mol. The third-order valence-corrected chi connectivity index (χ3v) is 4.71. The molecule has 4 nitrogen and oxygen atoms in total. The van der Waals surface area contributed by atoms with Gasteiger partial charge in [0.1, 0.15) is 5.69 Å². The largest absolute Gasteiger partial charge is 0.433 e. The van der Waals surface area contributed by atoms with E-state index in [0.717, 1.165) is 25.5 Å². The van der Waals surface area contributed by atoms with E-state index in [9.17, 15) is 13.2 Å². The first-order chi connectivity index (χ1) is 10.3. The van der Waals surface area contributed by atoms with E-state index in [1.807, 2.05) is 0 Å². The van der Waals surface area contributed by atoms with E-state index in [1.54, 1.807) is 4.90 Å². The molecule has 0 N–H and O–H groups in total. The molecule has 1 spiro atoms. The highest BCUT2D eigenvalue weighted by Gasteiger charge is 2.47. The van der Waals surface area contributed by atoms with Crippen LogP contribution in [-0.2, 0) is 10.9 Å². The summed E-state index contributed by atoms with van der Waals surface area (Å²) in [5, 5.41) is 0. The number of nitrogens with zero attached hydrogens (tertiary/aromatic N) is 3. The molecule has 2 aliphatic rings. The highest BCUT2D eigenvalue weighted by molar-refractivity contribution is 5.34. The fourth-order valence-corrected chi connectivity index (χ4v) is 3.27. The zero-order valence-electron chi connectivity index (χ0n) is 12.7. The van der Waals surface area contributed by atoms with Gasteiger partial charge in [0.15, 0.2) is 0 Å². The summed E-state index contributed by atoms with van der Waals surface area (Å²) in [7, 11) is 0. The van der Waals surface area contributed by atoms with Gasteiger partial charge in [-0.05, 0) is 30.7 Å². The molecular formula is C15H20F3N3O. The predicted molar refractivity (Wildman–Crippen MR) is 75.5 cm³/mol. The molecule has 2 atom stereocenters. The molecule has 3 heterocycles. The second-order valence-corrected chi connectivity index (χ2v) is 6.61. The summed E-state index contributed by atoms with van der Waals surface area (Å²) in [6, 6.07) is 0.899. The zero-order valence-corrected chi connectivity index (χ0v) is 12.7. The van der Waals surface area contributed by atoms with Gasteiger partial charge < -0.3 is 9.64 Å². The van der Waals surface area contributed by atoms with Crippen molar-refractivity contribution in [3.05, 3.63) is 18.0 Å². The van der Waals surface area contributed by atoms with Gasteiger partial charge in [-0.25, -0.2) is 9.97 Å². The van der Waals surface area contributed by atoms with Crippen LogP contribution in [-0.4, -0.2) is 35.3 Å². The van der Waals surface area contributed by atoms with E-state index in [0.29, 0.717) is 24.9 Å². The minimum atomic E-state index is -4.44. The number of hydrogen-bond donors (Lipinski definition) is 0. The Hall–Kier alpha value is -1.37. The van der Waals surface area contributed by atoms with Gasteiger partial charge >= 0.3 is 6.18 Å². The second kappa shape index (κ2) is 5.37. The van der Waals surface area contributed by atoms with Crippen molar-refractivity contribution in [2.24, 2.45) is 11.8 Å². The fraction of sp³-hybridized carbons (Fsp3) is 0.733. The van der Waals surface area contributed by atoms with Crippen LogP contribution in [0, 0.1) is 11.8 Å². The van der Waals surface area contributed by atoms with Crippen molar-refractivity contribution in [1.82, 2.24) is 9.97 Å². The molecule has 7 heteroatoms. The molecule has 122 valence electrons. The van der Waals surface area contributed by atoms with E-state index in [1.165, 1.54) is 6.20 Å². The summed E-state index contributed by atoms with van der Waals surface area (Å²) in [6.07, 6.45) is -1.50. The number of alkyl halides is 3. The summed E-state index contributed by atoms with van der Waals surface area (Å²) in [5.74, 6) is 1.21. The minimum Gasteiger partial charge on any atom is -0.373 e. The van der Waals surface area contributed by atoms with Crippen LogP contribution >= 0.6 is 0 Å². The zero-order chi connectivity index (χ0) is 16.0. The minimum absolute atomic E-state index is 0.142. The molecule has 0 unspecified atom stereocenters. The average molecular weight is 315 g/mol. The lowest BCUT2D eigenvalue weighted by molar-refractivity contribution is -0.141. The Bertz CT molecular complexity index is 549. The van der Waals surface area contributed by atoms with E-state index in [-0.39, 0.29) is 11.5 Å². The van der Waals surface area contributed by atoms with Crippen molar-refractivity contribution >= 4 is 5.95 Å². The van der Waals surface area contributed by atoms with Crippen LogP contribution in [0.25, 0.3) is 0 Å². The van der Waals surface area contributed by atoms with E-state index in [2.05, 4.69) is 23.8 Å². The van der Waals surface area contributed by atoms with Gasteiger partial charge in [-0.1, -0.05) is 13.8 Å². The Labute approximate surface area is 127 Å². The maximum absolute atomic E-state index is 12.8. The molecule has 3 rings (SSSR count). The first kappa shape index (κ1) is 15.5. The van der Waals surface area contributed by atoms with E-state index < -0.39 is 11.9 Å². The molecule has 0 amide bonds. The topological polar surface area (TPSA) is 38.2 Å². The molecule has 0 aliphatic carbocycles. The molecule has 2 aliphatic heterocycles. The number of halogens is 3. The third kappa shape index (κ3) is 2.91. The van der Waals surface area contributed by atoms with Crippen LogP contribution in [0.4, 0.5) is 19.1 Å². The van der Waals surface area contributed by atoms with Crippen LogP contribution in [0.3, 0.4) is 0 Å². The smallest absolute Gasteiger partial charge is 0.373 e. The van der Waals surface area contributed by atoms with Crippen molar-refractivity contribution in [2.75, 3.05) is 24.6 Å². The normalized spacial score (nSPS) is 29.0. The van der Waals surface area contributed by atoms with Crippen molar-refractivity contribution < 1.29 is 17.9 Å². The molecule has 0 saturated carbocycles. The van der Waals surface area contributed by atoms with Gasteiger partial charge in [-0.3, -0.25) is 0 Å². The van der Waals surface area contributed by atoms with Gasteiger partial charge in [-0.2, -0.15) is 13.2 Å². The van der Waals surface area contributed by atoms with E-state index >= 15 is 0 Å². The van der Waals surface area contributed by atoms with Gasteiger partial charge in [0.2, 0.25) is 5.95 Å². The van der Waals surface area contributed by atoms with E-state index in [4.69, 9.17) is 4.74 Å². The first-order valence-corrected chi connectivity index (χ1v) is 7.58. The summed E-state index contributed by atoms with van der Waals surface area (Å²) in [4.78, 5) is 9.48. The van der Waals surface area contributed by atoms with Crippen LogP contribution < -0.4 is 4.90 Å². The lowest BCUT2D eigenvalue weighted by Gasteiger charge is -2.24. The molecule has 1 aromatic heterocycles. The van der Waals surface area contributed by atoms with Gasteiger partial charge in [0.05, 0.1) is 12.2 Å². The van der Waals surface area contributed by atoms with Gasteiger partial charge in [-0.15, -0.1) is 0 Å². The molecule has 22 heavy (non-hydrogen) atoms. The molecule has 1 aromatic rings. The van der Waals surface area contributed by atoms with Crippen molar-refractivity contribution in [2.45, 2.75) is 38.5 Å². The Balaban J connectivity index is 1.74. The summed E-state index contributed by atoms with van der Waals surface area (Å²) in [6.45, 7) is 6.28. The number of hydrogen-bond acceptors (Lipinski definition) is 4. The predicted octanol–water partition coefficient (Wildman–Crippen LogP) is 3.14. The maximum atomic E-state index is 12.8. The number of aromatic nitrogens is 2. The fourth-order valence-electron chi connectivity index (χ4n) is 3.27. The van der Waals surface area contributed by atoms with Crippen LogP contribution in [0.15, 0.2) is 12.3 Å².